The van der Waals surface area contributed by atoms with Gasteiger partial charge in [-0.2, -0.15) is 0 Å². The summed E-state index contributed by atoms with van der Waals surface area (Å²) in [5.41, 5.74) is 2.48. The summed E-state index contributed by atoms with van der Waals surface area (Å²) in [4.78, 5) is 28.8. The molecule has 2 aromatic carbocycles. The zero-order valence-electron chi connectivity index (χ0n) is 16.8. The van der Waals surface area contributed by atoms with Crippen molar-refractivity contribution >= 4 is 40.1 Å². The molecule has 1 aromatic heterocycles. The molecule has 1 N–H and O–H groups in total. The van der Waals surface area contributed by atoms with E-state index >= 15 is 0 Å². The van der Waals surface area contributed by atoms with Crippen molar-refractivity contribution in [3.63, 3.8) is 0 Å². The predicted octanol–water partition coefficient (Wildman–Crippen LogP) is 4.47. The fourth-order valence-electron chi connectivity index (χ4n) is 3.37. The number of amides is 2. The van der Waals surface area contributed by atoms with E-state index in [2.05, 4.69) is 5.32 Å². The molecule has 0 aliphatic carbocycles. The van der Waals surface area contributed by atoms with Crippen LogP contribution in [0.3, 0.4) is 0 Å². The number of para-hydroxylation sites is 1. The fraction of sp³-hybridized carbons (Fsp3) is 0.130. The van der Waals surface area contributed by atoms with E-state index in [-0.39, 0.29) is 11.6 Å². The van der Waals surface area contributed by atoms with Gasteiger partial charge >= 0.3 is 0 Å². The van der Waals surface area contributed by atoms with Crippen LogP contribution in [0.15, 0.2) is 65.7 Å². The lowest BCUT2D eigenvalue weighted by atomic mass is 10.1. The Bertz CT molecular complexity index is 1150. The minimum atomic E-state index is -0.414. The van der Waals surface area contributed by atoms with Crippen LogP contribution >= 0.6 is 11.3 Å². The number of methoxy groups -OCH3 is 2. The molecule has 4 rings (SSSR count). The Morgan fingerprint density at radius 1 is 0.933 bits per heavy atom. The number of hydrogen-bond donors (Lipinski definition) is 1. The second kappa shape index (κ2) is 8.04. The lowest BCUT2D eigenvalue weighted by Crippen LogP contribution is -2.32. The third-order valence-corrected chi connectivity index (χ3v) is 5.76. The van der Waals surface area contributed by atoms with Crippen LogP contribution in [0.4, 0.5) is 11.4 Å². The molecule has 1 aliphatic heterocycles. The first-order valence-electron chi connectivity index (χ1n) is 9.26. The van der Waals surface area contributed by atoms with E-state index in [0.29, 0.717) is 33.3 Å². The van der Waals surface area contributed by atoms with Crippen LogP contribution in [-0.4, -0.2) is 26.0 Å². The molecule has 152 valence electrons. The molecule has 7 heteroatoms. The number of carbonyl (C=O) groups excluding carboxylic acids is 2. The van der Waals surface area contributed by atoms with Crippen LogP contribution in [0, 0.1) is 6.92 Å². The van der Waals surface area contributed by atoms with E-state index in [1.165, 1.54) is 16.2 Å². The summed E-state index contributed by atoms with van der Waals surface area (Å²) in [6.45, 7) is 1.87. The van der Waals surface area contributed by atoms with Gasteiger partial charge in [-0.1, -0.05) is 24.3 Å². The highest BCUT2D eigenvalue weighted by Crippen LogP contribution is 2.38. The van der Waals surface area contributed by atoms with Crippen molar-refractivity contribution in [1.29, 1.82) is 0 Å². The number of nitrogens with one attached hydrogen (secondary N) is 1. The topological polar surface area (TPSA) is 67.9 Å². The molecular weight excluding hydrogens is 400 g/mol. The summed E-state index contributed by atoms with van der Waals surface area (Å²) in [6, 6.07) is 16.2. The van der Waals surface area contributed by atoms with Gasteiger partial charge in [-0.05, 0) is 42.1 Å². The van der Waals surface area contributed by atoms with Crippen LogP contribution in [0.2, 0.25) is 0 Å². The molecule has 0 fully saturated rings. The molecule has 0 spiro atoms. The van der Waals surface area contributed by atoms with Crippen molar-refractivity contribution in [3.8, 4) is 11.5 Å². The van der Waals surface area contributed by atoms with Crippen molar-refractivity contribution < 1.29 is 19.1 Å². The number of aryl methyl sites for hydroxylation is 1. The number of anilines is 2. The zero-order valence-corrected chi connectivity index (χ0v) is 17.6. The molecule has 0 saturated carbocycles. The van der Waals surface area contributed by atoms with Gasteiger partial charge in [0.15, 0.2) is 0 Å². The smallest absolute Gasteiger partial charge is 0.282 e. The van der Waals surface area contributed by atoms with E-state index in [0.717, 1.165) is 5.56 Å². The van der Waals surface area contributed by atoms with E-state index in [4.69, 9.17) is 9.47 Å². The standard InChI is InChI=1S/C23H20N2O4S/c1-14-7-4-5-8-17(14)25-22(26)20(19-9-6-12-30-19)21(23(25)27)24-16-13-15(28-2)10-11-18(16)29-3/h4-13,24H,1-3H3. The Balaban J connectivity index is 1.84. The Labute approximate surface area is 178 Å². The van der Waals surface area contributed by atoms with Gasteiger partial charge in [-0.3, -0.25) is 9.59 Å². The zero-order chi connectivity index (χ0) is 21.3. The monoisotopic (exact) mass is 420 g/mol. The van der Waals surface area contributed by atoms with Gasteiger partial charge in [0.25, 0.3) is 11.8 Å². The van der Waals surface area contributed by atoms with E-state index in [9.17, 15) is 9.59 Å². The van der Waals surface area contributed by atoms with Gasteiger partial charge in [0.1, 0.15) is 17.2 Å². The van der Waals surface area contributed by atoms with Gasteiger partial charge in [-0.15, -0.1) is 11.3 Å². The highest BCUT2D eigenvalue weighted by atomic mass is 32.1. The first-order valence-corrected chi connectivity index (χ1v) is 10.1. The lowest BCUT2D eigenvalue weighted by Gasteiger charge is -2.18. The van der Waals surface area contributed by atoms with E-state index in [1.54, 1.807) is 38.5 Å². The molecule has 30 heavy (non-hydrogen) atoms. The quantitative estimate of drug-likeness (QED) is 0.596. The maximum atomic E-state index is 13.4. The van der Waals surface area contributed by atoms with Gasteiger partial charge < -0.3 is 14.8 Å². The molecule has 0 saturated heterocycles. The molecule has 1 aliphatic rings. The average Bonchev–Trinajstić information content (AvgIpc) is 3.36. The number of imide groups is 1. The minimum absolute atomic E-state index is 0.206. The highest BCUT2D eigenvalue weighted by molar-refractivity contribution is 7.11. The lowest BCUT2D eigenvalue weighted by molar-refractivity contribution is -0.120. The summed E-state index contributed by atoms with van der Waals surface area (Å²) in [7, 11) is 3.11. The third kappa shape index (κ3) is 3.33. The summed E-state index contributed by atoms with van der Waals surface area (Å²) in [5.74, 6) is 0.358. The van der Waals surface area contributed by atoms with Crippen molar-refractivity contribution in [3.05, 3.63) is 76.1 Å². The van der Waals surface area contributed by atoms with Gasteiger partial charge in [-0.25, -0.2) is 4.90 Å². The van der Waals surface area contributed by atoms with Crippen LogP contribution in [0.1, 0.15) is 10.4 Å². The second-order valence-corrected chi connectivity index (χ2v) is 7.60. The Kier molecular flexibility index (Phi) is 5.29. The number of nitrogens with zero attached hydrogens (tertiary/aromatic N) is 1. The highest BCUT2D eigenvalue weighted by Gasteiger charge is 2.41. The largest absolute Gasteiger partial charge is 0.497 e. The normalized spacial score (nSPS) is 13.8. The summed E-state index contributed by atoms with van der Waals surface area (Å²) < 4.78 is 10.7. The summed E-state index contributed by atoms with van der Waals surface area (Å²) in [6.07, 6.45) is 0. The SMILES string of the molecule is COc1ccc(OC)c(NC2=C(c3cccs3)C(=O)N(c3ccccc3C)C2=O)c1. The Morgan fingerprint density at radius 3 is 2.40 bits per heavy atom. The number of thiophene rings is 1. The number of carbonyl (C=O) groups is 2. The van der Waals surface area contributed by atoms with E-state index in [1.807, 2.05) is 42.6 Å². The molecule has 0 bridgehead atoms. The van der Waals surface area contributed by atoms with Gasteiger partial charge in [0, 0.05) is 10.9 Å². The van der Waals surface area contributed by atoms with Crippen molar-refractivity contribution in [2.45, 2.75) is 6.92 Å². The first kappa shape index (κ1) is 19.7. The summed E-state index contributed by atoms with van der Waals surface area (Å²) >= 11 is 1.41. The van der Waals surface area contributed by atoms with Gasteiger partial charge in [0.2, 0.25) is 0 Å². The maximum Gasteiger partial charge on any atom is 0.282 e. The van der Waals surface area contributed by atoms with Crippen molar-refractivity contribution in [2.75, 3.05) is 24.4 Å². The van der Waals surface area contributed by atoms with E-state index < -0.39 is 5.91 Å². The van der Waals surface area contributed by atoms with Crippen molar-refractivity contribution in [1.82, 2.24) is 0 Å². The van der Waals surface area contributed by atoms with Gasteiger partial charge in [0.05, 0.1) is 31.2 Å². The van der Waals surface area contributed by atoms with Crippen LogP contribution in [0.5, 0.6) is 11.5 Å². The summed E-state index contributed by atoms with van der Waals surface area (Å²) in [5, 5.41) is 5.02. The average molecular weight is 420 g/mol. The fourth-order valence-corrected chi connectivity index (χ4v) is 4.14. The molecule has 2 amide bonds. The number of hydrogen-bond acceptors (Lipinski definition) is 6. The maximum absolute atomic E-state index is 13.4. The molecule has 2 heterocycles. The second-order valence-electron chi connectivity index (χ2n) is 6.65. The Hall–Kier alpha value is -3.58. The van der Waals surface area contributed by atoms with Crippen LogP contribution < -0.4 is 19.7 Å². The molecule has 6 nitrogen and oxygen atoms in total. The predicted molar refractivity (Wildman–Crippen MR) is 118 cm³/mol. The molecule has 0 radical (unpaired) electrons. The molecule has 0 atom stereocenters. The first-order chi connectivity index (χ1) is 14.5. The van der Waals surface area contributed by atoms with Crippen LogP contribution in [0.25, 0.3) is 5.57 Å². The number of ether oxygens (including phenoxy) is 2. The van der Waals surface area contributed by atoms with Crippen LogP contribution in [-0.2, 0) is 9.59 Å². The number of benzene rings is 2. The minimum Gasteiger partial charge on any atom is -0.497 e. The molecule has 3 aromatic rings. The van der Waals surface area contributed by atoms with Crippen molar-refractivity contribution in [2.24, 2.45) is 0 Å². The third-order valence-electron chi connectivity index (χ3n) is 4.87. The molecule has 0 unspecified atom stereocenters. The Morgan fingerprint density at radius 2 is 1.73 bits per heavy atom. The number of rotatable bonds is 6. The molecular formula is C23H20N2O4S.